The fourth-order valence-electron chi connectivity index (χ4n) is 4.77. The smallest absolute Gasteiger partial charge is 0.225 e. The van der Waals surface area contributed by atoms with Crippen LogP contribution in [-0.4, -0.2) is 137 Å². The van der Waals surface area contributed by atoms with Crippen LogP contribution in [0.3, 0.4) is 0 Å². The molecule has 3 rings (SSSR count). The molecular formula is C20H38N8O10. The first kappa shape index (κ1) is 30.8. The molecule has 2 heterocycles. The minimum atomic E-state index is -1.49. The number of nitrogens with zero attached hydrogens (tertiary/aromatic N) is 3. The number of nitrogens with two attached hydrogens (primary N) is 4. The summed E-state index contributed by atoms with van der Waals surface area (Å²) < 4.78 is 22.9. The minimum absolute atomic E-state index is 0.0456. The molecule has 14 N–H and O–H groups in total. The van der Waals surface area contributed by atoms with Crippen LogP contribution in [0.1, 0.15) is 12.8 Å². The molecule has 14 atom stereocenters. The Balaban J connectivity index is 1.66. The molecular weight excluding hydrogens is 512 g/mol. The van der Waals surface area contributed by atoms with Gasteiger partial charge in [0.05, 0.1) is 24.8 Å². The van der Waals surface area contributed by atoms with Gasteiger partial charge in [-0.3, -0.25) is 4.79 Å². The van der Waals surface area contributed by atoms with Gasteiger partial charge in [-0.1, -0.05) is 5.11 Å². The van der Waals surface area contributed by atoms with Gasteiger partial charge in [-0.15, -0.1) is 0 Å². The average Bonchev–Trinajstić information content (AvgIpc) is 2.87. The van der Waals surface area contributed by atoms with E-state index >= 15 is 0 Å². The van der Waals surface area contributed by atoms with Crippen molar-refractivity contribution in [1.82, 2.24) is 5.32 Å². The van der Waals surface area contributed by atoms with E-state index in [1.54, 1.807) is 0 Å². The summed E-state index contributed by atoms with van der Waals surface area (Å²) in [5.74, 6) is -0.576. The molecule has 3 aliphatic rings. The standard InChI is InChI=1S/C20H38N8O10/c21-6-1-7(22)18(38-20-15(33)13(24)14(32)11(5-29)36-20)16(34)17(6)37-19-8(23)2-9(30)10(35-19)3-26-12(31)4-27-28-25/h6-11,13-20,29-30,32-34H,1-5,21-24H2,(H,26,31)/t6-,7+,8+,9-,10+,11+,13-,14+,15+,16-,17+,18-,19+,20+/m0/s1. The van der Waals surface area contributed by atoms with Crippen LogP contribution in [0.15, 0.2) is 5.11 Å². The van der Waals surface area contributed by atoms with Gasteiger partial charge in [0.25, 0.3) is 0 Å². The number of aliphatic hydroxyl groups excluding tert-OH is 5. The average molecular weight is 551 g/mol. The molecule has 2 saturated heterocycles. The summed E-state index contributed by atoms with van der Waals surface area (Å²) in [6, 6.07) is -3.60. The van der Waals surface area contributed by atoms with Gasteiger partial charge in [-0.2, -0.15) is 0 Å². The number of azide groups is 1. The molecule has 18 nitrogen and oxygen atoms in total. The normalized spacial score (nSPS) is 45.7. The van der Waals surface area contributed by atoms with Crippen LogP contribution < -0.4 is 28.3 Å². The lowest BCUT2D eigenvalue weighted by Gasteiger charge is -2.47. The lowest BCUT2D eigenvalue weighted by molar-refractivity contribution is -0.315. The summed E-state index contributed by atoms with van der Waals surface area (Å²) in [5.41, 5.74) is 32.6. The van der Waals surface area contributed by atoms with Crippen molar-refractivity contribution in [2.75, 3.05) is 19.7 Å². The van der Waals surface area contributed by atoms with Crippen molar-refractivity contribution < 1.29 is 49.3 Å². The zero-order chi connectivity index (χ0) is 28.1. The van der Waals surface area contributed by atoms with Crippen molar-refractivity contribution >= 4 is 5.91 Å². The van der Waals surface area contributed by atoms with Crippen molar-refractivity contribution in [1.29, 1.82) is 0 Å². The maximum Gasteiger partial charge on any atom is 0.225 e. The first-order chi connectivity index (χ1) is 18.0. The van der Waals surface area contributed by atoms with E-state index < -0.39 is 105 Å². The monoisotopic (exact) mass is 550 g/mol. The number of rotatable bonds is 9. The maximum atomic E-state index is 11.7. The Morgan fingerprint density at radius 1 is 0.921 bits per heavy atom. The number of nitrogens with one attached hydrogen (secondary N) is 1. The predicted octanol–water partition coefficient (Wildman–Crippen LogP) is -5.83. The summed E-state index contributed by atoms with van der Waals surface area (Å²) in [7, 11) is 0. The molecule has 1 saturated carbocycles. The largest absolute Gasteiger partial charge is 0.394 e. The SMILES string of the molecule is [N-]=[N+]=NCC(=O)NC[C@H]1O[C@H](O[C@H]2[C@H](O)[C@@H](O[C@H]3O[C@H](CO)[C@@H](O)[C@H](N)[C@H]3O)[C@H](N)C[C@@H]2N)[C@H](N)C[C@@H]1O. The molecule has 0 aromatic heterocycles. The quantitative estimate of drug-likeness (QED) is 0.0726. The Hall–Kier alpha value is -1.74. The molecule has 1 aliphatic carbocycles. The third kappa shape index (κ3) is 7.06. The molecule has 0 spiro atoms. The van der Waals surface area contributed by atoms with Crippen molar-refractivity contribution in [3.8, 4) is 0 Å². The Labute approximate surface area is 217 Å². The second kappa shape index (κ2) is 13.6. The summed E-state index contributed by atoms with van der Waals surface area (Å²) in [5, 5.41) is 57.0. The molecule has 0 unspecified atom stereocenters. The fraction of sp³-hybridized carbons (Fsp3) is 0.950. The van der Waals surface area contributed by atoms with E-state index in [0.29, 0.717) is 0 Å². The zero-order valence-corrected chi connectivity index (χ0v) is 20.5. The third-order valence-electron chi connectivity index (χ3n) is 6.96. The first-order valence-electron chi connectivity index (χ1n) is 12.2. The molecule has 3 fully saturated rings. The Morgan fingerprint density at radius 3 is 2.13 bits per heavy atom. The van der Waals surface area contributed by atoms with Gasteiger partial charge in [0.1, 0.15) is 49.3 Å². The molecule has 0 aromatic carbocycles. The number of hydrogen-bond acceptors (Lipinski definition) is 15. The van der Waals surface area contributed by atoms with Crippen LogP contribution >= 0.6 is 0 Å². The maximum absolute atomic E-state index is 11.7. The first-order valence-corrected chi connectivity index (χ1v) is 12.2. The summed E-state index contributed by atoms with van der Waals surface area (Å²) in [6.45, 7) is -1.14. The third-order valence-corrected chi connectivity index (χ3v) is 6.96. The van der Waals surface area contributed by atoms with Crippen LogP contribution in [0.25, 0.3) is 10.4 Å². The number of carbonyl (C=O) groups is 1. The lowest BCUT2D eigenvalue weighted by Crippen LogP contribution is -2.68. The number of ether oxygens (including phenoxy) is 4. The highest BCUT2D eigenvalue weighted by Gasteiger charge is 2.50. The van der Waals surface area contributed by atoms with Gasteiger partial charge >= 0.3 is 0 Å². The minimum Gasteiger partial charge on any atom is -0.394 e. The zero-order valence-electron chi connectivity index (χ0n) is 20.5. The van der Waals surface area contributed by atoms with Gasteiger partial charge < -0.3 is 72.7 Å². The van der Waals surface area contributed by atoms with Crippen molar-refractivity contribution in [2.45, 2.75) is 98.4 Å². The van der Waals surface area contributed by atoms with Crippen molar-refractivity contribution in [3.63, 3.8) is 0 Å². The van der Waals surface area contributed by atoms with E-state index in [9.17, 15) is 30.3 Å². The summed E-state index contributed by atoms with van der Waals surface area (Å²) in [6.07, 6.45) is -12.1. The highest BCUT2D eigenvalue weighted by molar-refractivity contribution is 5.78. The van der Waals surface area contributed by atoms with Gasteiger partial charge in [0.15, 0.2) is 12.6 Å². The van der Waals surface area contributed by atoms with E-state index in [0.717, 1.165) is 0 Å². The van der Waals surface area contributed by atoms with Crippen molar-refractivity contribution in [3.05, 3.63) is 10.4 Å². The second-order valence-electron chi connectivity index (χ2n) is 9.74. The highest BCUT2D eigenvalue weighted by Crippen LogP contribution is 2.30. The van der Waals surface area contributed by atoms with Crippen LogP contribution in [0, 0.1) is 0 Å². The summed E-state index contributed by atoms with van der Waals surface area (Å²) >= 11 is 0. The Kier molecular flexibility index (Phi) is 11.0. The second-order valence-corrected chi connectivity index (χ2v) is 9.74. The molecule has 0 aromatic rings. The van der Waals surface area contributed by atoms with E-state index in [1.807, 2.05) is 0 Å². The van der Waals surface area contributed by atoms with E-state index in [4.69, 9.17) is 47.4 Å². The van der Waals surface area contributed by atoms with E-state index in [1.165, 1.54) is 0 Å². The Bertz CT molecular complexity index is 838. The van der Waals surface area contributed by atoms with Crippen LogP contribution in [0.4, 0.5) is 0 Å². The molecule has 38 heavy (non-hydrogen) atoms. The van der Waals surface area contributed by atoms with Crippen LogP contribution in [0.2, 0.25) is 0 Å². The summed E-state index contributed by atoms with van der Waals surface area (Å²) in [4.78, 5) is 14.2. The van der Waals surface area contributed by atoms with Gasteiger partial charge in [-0.25, -0.2) is 0 Å². The number of hydrogen-bond donors (Lipinski definition) is 10. The van der Waals surface area contributed by atoms with Crippen molar-refractivity contribution in [2.24, 2.45) is 28.0 Å². The number of aliphatic hydroxyl groups is 5. The van der Waals surface area contributed by atoms with E-state index in [2.05, 4.69) is 15.3 Å². The van der Waals surface area contributed by atoms with Crippen LogP contribution in [0.5, 0.6) is 0 Å². The van der Waals surface area contributed by atoms with Gasteiger partial charge in [0, 0.05) is 23.5 Å². The molecule has 218 valence electrons. The molecule has 18 heteroatoms. The number of amides is 1. The lowest BCUT2D eigenvalue weighted by atomic mass is 9.84. The molecule has 0 radical (unpaired) electrons. The van der Waals surface area contributed by atoms with Gasteiger partial charge in [0.2, 0.25) is 5.91 Å². The van der Waals surface area contributed by atoms with Crippen LogP contribution in [-0.2, 0) is 23.7 Å². The fourth-order valence-corrected chi connectivity index (χ4v) is 4.77. The van der Waals surface area contributed by atoms with Gasteiger partial charge in [-0.05, 0) is 18.4 Å². The van der Waals surface area contributed by atoms with E-state index in [-0.39, 0.29) is 19.4 Å². The molecule has 0 bridgehead atoms. The molecule has 1 amide bonds. The molecule has 2 aliphatic heterocycles. The highest BCUT2D eigenvalue weighted by atomic mass is 16.7. The Morgan fingerprint density at radius 2 is 1.53 bits per heavy atom. The number of carbonyl (C=O) groups excluding carboxylic acids is 1. The topological polar surface area (TPSA) is 320 Å². The predicted molar refractivity (Wildman–Crippen MR) is 126 cm³/mol.